The van der Waals surface area contributed by atoms with Crippen molar-refractivity contribution in [3.63, 3.8) is 0 Å². The van der Waals surface area contributed by atoms with E-state index in [-0.39, 0.29) is 49.8 Å². The van der Waals surface area contributed by atoms with Crippen molar-refractivity contribution in [1.29, 1.82) is 0 Å². The SMILES string of the molecule is CCC(=O)O[C@]1(C(=O)COCNC(=O)CNC(=O)CNC(=O)[C@H](CCC(=O)O)NC(=O)CNC(=O)CCCCCN2C(=O)C=CC2=O)[C@@H](C)CC2[C@@H]3CCC4=CC(=O)C=C[C@]4(C)[C@@]3(Cl)[C@@H](O)C[C@@]21C. The minimum atomic E-state index is -1.71. The molecule has 5 aliphatic rings. The number of Topliss-reactive ketones (excluding diaryl/α,β-unsaturated/α-hetero) is 1. The van der Waals surface area contributed by atoms with Gasteiger partial charge in [-0.15, -0.1) is 11.6 Å². The summed E-state index contributed by atoms with van der Waals surface area (Å²) >= 11 is 7.57. The Morgan fingerprint density at radius 2 is 1.51 bits per heavy atom. The highest BCUT2D eigenvalue weighted by Crippen LogP contribution is 2.72. The van der Waals surface area contributed by atoms with Crippen molar-refractivity contribution < 1.29 is 72.4 Å². The van der Waals surface area contributed by atoms with E-state index in [0.717, 1.165) is 10.5 Å². The lowest BCUT2D eigenvalue weighted by atomic mass is 9.45. The number of hydrogen-bond donors (Lipinski definition) is 7. The molecule has 3 saturated carbocycles. The number of rotatable bonds is 24. The second-order valence-electron chi connectivity index (χ2n) is 18.8. The first-order valence-corrected chi connectivity index (χ1v) is 23.7. The minimum absolute atomic E-state index is 0.0159. The van der Waals surface area contributed by atoms with E-state index in [1.54, 1.807) is 19.1 Å². The van der Waals surface area contributed by atoms with Crippen LogP contribution in [0.25, 0.3) is 0 Å². The maximum atomic E-state index is 14.4. The molecule has 4 aliphatic carbocycles. The second kappa shape index (κ2) is 22.7. The Kier molecular flexibility index (Phi) is 17.9. The lowest BCUT2D eigenvalue weighted by molar-refractivity contribution is -0.203. The molecule has 0 aromatic carbocycles. The highest BCUT2D eigenvalue weighted by molar-refractivity contribution is 6.26. The van der Waals surface area contributed by atoms with Gasteiger partial charge in [0.05, 0.1) is 30.6 Å². The van der Waals surface area contributed by atoms with Crippen LogP contribution in [0.5, 0.6) is 0 Å². The Morgan fingerprint density at radius 3 is 2.19 bits per heavy atom. The van der Waals surface area contributed by atoms with E-state index in [9.17, 15) is 57.8 Å². The van der Waals surface area contributed by atoms with E-state index < -0.39 is 138 Å². The van der Waals surface area contributed by atoms with E-state index in [1.807, 2.05) is 20.8 Å². The molecule has 5 rings (SSSR count). The summed E-state index contributed by atoms with van der Waals surface area (Å²) in [5, 5.41) is 32.9. The fraction of sp³-hybridized carbons (Fsp3) is 0.638. The zero-order valence-corrected chi connectivity index (χ0v) is 40.1. The number of unbranched alkanes of at least 4 members (excludes halogenated alkanes) is 2. The molecular formula is C47H63ClN6O15. The number of halogens is 1. The van der Waals surface area contributed by atoms with Crippen LogP contribution >= 0.6 is 11.6 Å². The van der Waals surface area contributed by atoms with E-state index >= 15 is 0 Å². The van der Waals surface area contributed by atoms with Gasteiger partial charge in [-0.25, -0.2) is 0 Å². The van der Waals surface area contributed by atoms with Crippen LogP contribution in [0.1, 0.15) is 98.3 Å². The molecule has 1 unspecified atom stereocenters. The van der Waals surface area contributed by atoms with Gasteiger partial charge in [0.2, 0.25) is 35.3 Å². The number of hydrogen-bond acceptors (Lipinski definition) is 14. The predicted molar refractivity (Wildman–Crippen MR) is 243 cm³/mol. The largest absolute Gasteiger partial charge is 0.481 e. The van der Waals surface area contributed by atoms with Crippen LogP contribution < -0.4 is 26.6 Å². The number of ether oxygens (including phenoxy) is 2. The van der Waals surface area contributed by atoms with Crippen LogP contribution in [0.3, 0.4) is 0 Å². The van der Waals surface area contributed by atoms with Crippen LogP contribution in [0.15, 0.2) is 36.0 Å². The van der Waals surface area contributed by atoms with Crippen molar-refractivity contribution in [3.8, 4) is 0 Å². The summed E-state index contributed by atoms with van der Waals surface area (Å²) in [7, 11) is 0. The van der Waals surface area contributed by atoms with Gasteiger partial charge >= 0.3 is 11.9 Å². The molecule has 0 bridgehead atoms. The lowest BCUT2D eigenvalue weighted by Gasteiger charge is -2.64. The zero-order valence-electron chi connectivity index (χ0n) is 39.3. The summed E-state index contributed by atoms with van der Waals surface area (Å²) < 4.78 is 11.8. The highest BCUT2D eigenvalue weighted by Gasteiger charge is 2.76. The number of nitrogens with zero attached hydrogens (tertiary/aromatic N) is 1. The van der Waals surface area contributed by atoms with E-state index in [1.165, 1.54) is 18.2 Å². The number of amides is 7. The van der Waals surface area contributed by atoms with Crippen molar-refractivity contribution >= 4 is 76.5 Å². The standard InChI is InChI=1S/C47H63ClN6O15/c1-5-42(66)69-47(27(2)19-31-30-11-10-28-20-29(55)16-17-44(28,3)46(30,48)33(56)21-45(31,47)4)34(57)25-68-26-52-37(60)22-50-36(59)23-51-43(67)32(12-15-41(64)65)53-38(61)24-49-35(58)9-7-6-8-18-54-39(62)13-14-40(54)63/h13-14,16-17,20,27,30-33,56H,5-12,15,18-19,21-26H2,1-4H3,(H,49,58)(H,50,59)(H,51,67)(H,52,60)(H,53,61)(H,64,65)/t27-,30-,31?,32-,33-,44-,45-,46-,47-/m0/s1. The smallest absolute Gasteiger partial charge is 0.306 e. The van der Waals surface area contributed by atoms with Gasteiger partial charge in [0.15, 0.2) is 11.4 Å². The van der Waals surface area contributed by atoms with Crippen LogP contribution in [-0.2, 0) is 62.2 Å². The minimum Gasteiger partial charge on any atom is -0.481 e. The topological polar surface area (TPSA) is 310 Å². The van der Waals surface area contributed by atoms with Gasteiger partial charge in [-0.2, -0.15) is 0 Å². The quantitative estimate of drug-likeness (QED) is 0.0227. The van der Waals surface area contributed by atoms with Crippen molar-refractivity contribution in [2.24, 2.45) is 28.6 Å². The van der Waals surface area contributed by atoms with Crippen molar-refractivity contribution in [2.75, 3.05) is 39.5 Å². The molecule has 0 aromatic rings. The number of fused-ring (bicyclic) bond motifs is 5. The summed E-state index contributed by atoms with van der Waals surface area (Å²) in [6.45, 7) is 4.59. The first kappa shape index (κ1) is 54.1. The molecule has 7 N–H and O–H groups in total. The Bertz CT molecular complexity index is 2180. The Morgan fingerprint density at radius 1 is 0.855 bits per heavy atom. The van der Waals surface area contributed by atoms with E-state index in [2.05, 4.69) is 26.6 Å². The van der Waals surface area contributed by atoms with Crippen molar-refractivity contribution in [3.05, 3.63) is 36.0 Å². The molecule has 0 aromatic heterocycles. The number of carbonyl (C=O) groups excluding carboxylic acids is 10. The average molecular weight is 988 g/mol. The lowest BCUT2D eigenvalue weighted by Crippen LogP contribution is -2.69. The molecule has 378 valence electrons. The fourth-order valence-electron chi connectivity index (χ4n) is 11.1. The van der Waals surface area contributed by atoms with Crippen molar-refractivity contribution in [1.82, 2.24) is 31.5 Å². The van der Waals surface area contributed by atoms with Crippen LogP contribution in [0.4, 0.5) is 0 Å². The van der Waals surface area contributed by atoms with Gasteiger partial charge in [0.1, 0.15) is 19.4 Å². The third kappa shape index (κ3) is 11.6. The summed E-state index contributed by atoms with van der Waals surface area (Å²) in [5.41, 5.74) is -2.78. The number of ketones is 2. The third-order valence-electron chi connectivity index (χ3n) is 14.6. The molecule has 69 heavy (non-hydrogen) atoms. The molecule has 22 heteroatoms. The van der Waals surface area contributed by atoms with Crippen LogP contribution in [0, 0.1) is 28.6 Å². The molecule has 1 aliphatic heterocycles. The summed E-state index contributed by atoms with van der Waals surface area (Å²) in [6.07, 6.45) is 8.19. The van der Waals surface area contributed by atoms with E-state index in [0.29, 0.717) is 38.5 Å². The third-order valence-corrected chi connectivity index (χ3v) is 15.5. The molecule has 0 spiro atoms. The molecule has 0 radical (unpaired) electrons. The van der Waals surface area contributed by atoms with Gasteiger partial charge in [0, 0.05) is 54.7 Å². The number of carboxylic acid groups (broad SMARTS) is 1. The number of esters is 1. The first-order chi connectivity index (χ1) is 32.5. The molecule has 3 fully saturated rings. The monoisotopic (exact) mass is 986 g/mol. The Labute approximate surface area is 404 Å². The molecule has 7 amide bonds. The van der Waals surface area contributed by atoms with Crippen LogP contribution in [0.2, 0.25) is 0 Å². The summed E-state index contributed by atoms with van der Waals surface area (Å²) in [5.74, 6) is -8.19. The number of aliphatic carboxylic acids is 1. The number of alkyl halides is 1. The first-order valence-electron chi connectivity index (χ1n) is 23.3. The van der Waals surface area contributed by atoms with Gasteiger partial charge in [-0.3, -0.25) is 57.6 Å². The summed E-state index contributed by atoms with van der Waals surface area (Å²) in [4.78, 5) is 137. The highest BCUT2D eigenvalue weighted by atomic mass is 35.5. The average Bonchev–Trinajstić information content (AvgIpc) is 3.73. The number of carboxylic acids is 1. The molecular weight excluding hydrogens is 924 g/mol. The number of imide groups is 1. The molecule has 21 nitrogen and oxygen atoms in total. The van der Waals surface area contributed by atoms with Gasteiger partial charge < -0.3 is 46.3 Å². The Hall–Kier alpha value is -5.80. The van der Waals surface area contributed by atoms with E-state index in [4.69, 9.17) is 26.2 Å². The second-order valence-corrected chi connectivity index (χ2v) is 19.4. The Balaban J connectivity index is 1.06. The number of aliphatic hydroxyl groups excluding tert-OH is 1. The number of allylic oxidation sites excluding steroid dienone is 4. The van der Waals surface area contributed by atoms with Gasteiger partial charge in [0.25, 0.3) is 11.8 Å². The van der Waals surface area contributed by atoms with Gasteiger partial charge in [-0.1, -0.05) is 45.8 Å². The molecule has 9 atom stereocenters. The number of aliphatic hydroxyl groups is 1. The maximum Gasteiger partial charge on any atom is 0.306 e. The predicted octanol–water partition coefficient (Wildman–Crippen LogP) is 0.408. The number of nitrogens with one attached hydrogen (secondary N) is 5. The van der Waals surface area contributed by atoms with Gasteiger partial charge in [-0.05, 0) is 68.9 Å². The number of carbonyl (C=O) groups is 11. The van der Waals surface area contributed by atoms with Crippen LogP contribution in [-0.4, -0.2) is 142 Å². The maximum absolute atomic E-state index is 14.4. The molecule has 0 saturated heterocycles. The molecule has 1 heterocycles. The zero-order chi connectivity index (χ0) is 50.9. The fourth-order valence-corrected chi connectivity index (χ4v) is 11.6. The summed E-state index contributed by atoms with van der Waals surface area (Å²) in [6, 6.07) is -1.39. The normalized spacial score (nSPS) is 29.2. The van der Waals surface area contributed by atoms with Crippen molar-refractivity contribution in [2.45, 2.75) is 121 Å².